The Labute approximate surface area is 171 Å². The molecule has 3 aromatic rings. The fraction of sp³-hybridized carbons (Fsp3) is 0.476. The predicted octanol–water partition coefficient (Wildman–Crippen LogP) is 2.91. The molecule has 3 rings (SSSR count). The highest BCUT2D eigenvalue weighted by atomic mass is 15.2. The minimum atomic E-state index is -0.0393. The monoisotopic (exact) mass is 396 g/mol. The molecule has 0 spiro atoms. The third-order valence-electron chi connectivity index (χ3n) is 4.78. The van der Waals surface area contributed by atoms with E-state index < -0.39 is 0 Å². The number of hydrogen-bond acceptors (Lipinski definition) is 6. The average molecular weight is 397 g/mol. The number of nitrogen functional groups attached to an aromatic ring is 1. The van der Waals surface area contributed by atoms with Crippen LogP contribution in [-0.2, 0) is 6.54 Å². The van der Waals surface area contributed by atoms with Gasteiger partial charge in [0, 0.05) is 24.3 Å². The minimum absolute atomic E-state index is 0.0393. The molecule has 2 heterocycles. The molecule has 0 radical (unpaired) electrons. The summed E-state index contributed by atoms with van der Waals surface area (Å²) >= 11 is 0. The molecule has 0 aliphatic rings. The van der Waals surface area contributed by atoms with E-state index in [9.17, 15) is 0 Å². The first kappa shape index (κ1) is 20.9. The molecule has 8 nitrogen and oxygen atoms in total. The molecule has 0 saturated carbocycles. The van der Waals surface area contributed by atoms with E-state index in [1.54, 1.807) is 0 Å². The van der Waals surface area contributed by atoms with Crippen molar-refractivity contribution in [1.29, 1.82) is 0 Å². The standard InChI is InChI=1S/C21H32N8/c1-12(2)17-19-18(28-27-17)20(24-11-15-8-6-7-9-16(15)23)26-21(25-10-14(5)22)29(19)13(3)4/h6-9,12-14H,10-11,22-23H2,1-5H3,(H,27,28)(H,24,25,26). The molecule has 0 aliphatic carbocycles. The number of nitrogens with zero attached hydrogens (tertiary/aromatic N) is 4. The Morgan fingerprint density at radius 2 is 1.90 bits per heavy atom. The van der Waals surface area contributed by atoms with Gasteiger partial charge in [-0.3, -0.25) is 5.10 Å². The molecule has 0 saturated heterocycles. The normalized spacial score (nSPS) is 13.6. The summed E-state index contributed by atoms with van der Waals surface area (Å²) < 4.78 is 2.14. The molecule has 156 valence electrons. The van der Waals surface area contributed by atoms with Gasteiger partial charge in [0.15, 0.2) is 11.3 Å². The lowest BCUT2D eigenvalue weighted by molar-refractivity contribution is 0.564. The van der Waals surface area contributed by atoms with Gasteiger partial charge in [0.05, 0.1) is 17.8 Å². The maximum absolute atomic E-state index is 6.10. The van der Waals surface area contributed by atoms with Gasteiger partial charge in [0.2, 0.25) is 5.62 Å². The summed E-state index contributed by atoms with van der Waals surface area (Å²) in [5.74, 6) is 0.970. The highest BCUT2D eigenvalue weighted by Gasteiger charge is 2.20. The molecular weight excluding hydrogens is 364 g/mol. The summed E-state index contributed by atoms with van der Waals surface area (Å²) in [5.41, 5.74) is 17.3. The molecule has 1 aromatic carbocycles. The summed E-state index contributed by atoms with van der Waals surface area (Å²) in [7, 11) is 0. The number of para-hydroxylation sites is 1. The van der Waals surface area contributed by atoms with E-state index >= 15 is 0 Å². The van der Waals surface area contributed by atoms with Crippen molar-refractivity contribution in [3.8, 4) is 0 Å². The molecule has 29 heavy (non-hydrogen) atoms. The average Bonchev–Trinajstić information content (AvgIpc) is 3.10. The fourth-order valence-corrected chi connectivity index (χ4v) is 3.29. The molecule has 0 bridgehead atoms. The second kappa shape index (κ2) is 8.65. The smallest absolute Gasteiger partial charge is 0.227 e. The van der Waals surface area contributed by atoms with Crippen molar-refractivity contribution in [2.75, 3.05) is 17.6 Å². The third-order valence-corrected chi connectivity index (χ3v) is 4.78. The highest BCUT2D eigenvalue weighted by Crippen LogP contribution is 2.27. The van der Waals surface area contributed by atoms with Crippen molar-refractivity contribution < 1.29 is 0 Å². The van der Waals surface area contributed by atoms with Crippen molar-refractivity contribution in [3.05, 3.63) is 41.1 Å². The van der Waals surface area contributed by atoms with E-state index in [-0.39, 0.29) is 18.0 Å². The molecule has 2 aromatic heterocycles. The number of aromatic nitrogens is 4. The van der Waals surface area contributed by atoms with Crippen LogP contribution < -0.4 is 22.4 Å². The number of nitrogens with one attached hydrogen (secondary N) is 2. The van der Waals surface area contributed by atoms with Gasteiger partial charge in [0.1, 0.15) is 0 Å². The van der Waals surface area contributed by atoms with Crippen LogP contribution in [0.5, 0.6) is 0 Å². The van der Waals surface area contributed by atoms with Crippen LogP contribution in [0.15, 0.2) is 29.3 Å². The summed E-state index contributed by atoms with van der Waals surface area (Å²) in [6, 6.07) is 7.93. The van der Waals surface area contributed by atoms with E-state index in [2.05, 4.69) is 47.8 Å². The lowest BCUT2D eigenvalue weighted by Crippen LogP contribution is -2.30. The maximum Gasteiger partial charge on any atom is 0.227 e. The minimum Gasteiger partial charge on any atom is -0.398 e. The fourth-order valence-electron chi connectivity index (χ4n) is 3.29. The van der Waals surface area contributed by atoms with Crippen molar-refractivity contribution in [1.82, 2.24) is 19.7 Å². The van der Waals surface area contributed by atoms with Gasteiger partial charge in [0.25, 0.3) is 0 Å². The zero-order chi connectivity index (χ0) is 21.1. The molecule has 1 unspecified atom stereocenters. The number of benzene rings is 1. The van der Waals surface area contributed by atoms with Crippen LogP contribution >= 0.6 is 0 Å². The van der Waals surface area contributed by atoms with Gasteiger partial charge in [-0.15, -0.1) is 0 Å². The third kappa shape index (κ3) is 4.42. The number of nitrogens with two attached hydrogens (primary N) is 2. The Morgan fingerprint density at radius 1 is 1.17 bits per heavy atom. The summed E-state index contributed by atoms with van der Waals surface area (Å²) in [6.07, 6.45) is 0. The van der Waals surface area contributed by atoms with Crippen LogP contribution in [0.3, 0.4) is 0 Å². The van der Waals surface area contributed by atoms with Crippen LogP contribution in [0.25, 0.3) is 11.0 Å². The SMILES string of the molecule is CC(N)CN=c1nc(NCc2ccccc2N)c2n[nH]c(C(C)C)c2n1C(C)C. The molecule has 6 N–H and O–H groups in total. The van der Waals surface area contributed by atoms with Crippen molar-refractivity contribution in [2.45, 2.75) is 59.2 Å². The quantitative estimate of drug-likeness (QED) is 0.457. The molecule has 1 atom stereocenters. The first-order valence-corrected chi connectivity index (χ1v) is 10.1. The van der Waals surface area contributed by atoms with Crippen molar-refractivity contribution >= 4 is 22.5 Å². The van der Waals surface area contributed by atoms with E-state index in [0.717, 1.165) is 28.0 Å². The van der Waals surface area contributed by atoms with Gasteiger partial charge in [-0.05, 0) is 38.3 Å². The van der Waals surface area contributed by atoms with Gasteiger partial charge in [-0.2, -0.15) is 10.1 Å². The van der Waals surface area contributed by atoms with E-state index in [4.69, 9.17) is 21.4 Å². The largest absolute Gasteiger partial charge is 0.398 e. The first-order valence-electron chi connectivity index (χ1n) is 10.1. The van der Waals surface area contributed by atoms with Crippen molar-refractivity contribution in [2.24, 2.45) is 10.7 Å². The van der Waals surface area contributed by atoms with Crippen LogP contribution in [-0.4, -0.2) is 32.3 Å². The van der Waals surface area contributed by atoms with Gasteiger partial charge in [-0.1, -0.05) is 32.0 Å². The Bertz CT molecular complexity index is 1040. The van der Waals surface area contributed by atoms with Gasteiger partial charge < -0.3 is 21.4 Å². The van der Waals surface area contributed by atoms with Crippen LogP contribution in [0.4, 0.5) is 11.5 Å². The highest BCUT2D eigenvalue weighted by molar-refractivity contribution is 5.87. The lowest BCUT2D eigenvalue weighted by Gasteiger charge is -2.17. The summed E-state index contributed by atoms with van der Waals surface area (Å²) in [4.78, 5) is 9.53. The maximum atomic E-state index is 6.10. The van der Waals surface area contributed by atoms with Crippen LogP contribution in [0, 0.1) is 0 Å². The number of rotatable bonds is 7. The predicted molar refractivity (Wildman–Crippen MR) is 119 cm³/mol. The Kier molecular flexibility index (Phi) is 6.22. The zero-order valence-corrected chi connectivity index (χ0v) is 17.9. The van der Waals surface area contributed by atoms with Crippen LogP contribution in [0.2, 0.25) is 0 Å². The Balaban J connectivity index is 2.18. The summed E-state index contributed by atoms with van der Waals surface area (Å²) in [6.45, 7) is 11.5. The second-order valence-corrected chi connectivity index (χ2v) is 8.08. The topological polar surface area (TPSA) is 123 Å². The van der Waals surface area contributed by atoms with Crippen molar-refractivity contribution in [3.63, 3.8) is 0 Å². The van der Waals surface area contributed by atoms with Gasteiger partial charge in [-0.25, -0.2) is 4.99 Å². The first-order chi connectivity index (χ1) is 13.8. The molecule has 0 fully saturated rings. The number of fused-ring (bicyclic) bond motifs is 1. The zero-order valence-electron chi connectivity index (χ0n) is 17.9. The number of anilines is 2. The number of hydrogen-bond donors (Lipinski definition) is 4. The van der Waals surface area contributed by atoms with E-state index in [1.165, 1.54) is 0 Å². The number of aromatic amines is 1. The van der Waals surface area contributed by atoms with Gasteiger partial charge >= 0.3 is 0 Å². The molecular formula is C21H32N8. The van der Waals surface area contributed by atoms with E-state index in [0.29, 0.717) is 24.5 Å². The molecule has 0 aliphatic heterocycles. The van der Waals surface area contributed by atoms with E-state index in [1.807, 2.05) is 31.2 Å². The molecule has 0 amide bonds. The summed E-state index contributed by atoms with van der Waals surface area (Å²) in [5, 5.41) is 11.2. The van der Waals surface area contributed by atoms with Crippen LogP contribution in [0.1, 0.15) is 57.8 Å². The molecule has 8 heteroatoms. The number of H-pyrrole nitrogens is 1. The second-order valence-electron chi connectivity index (χ2n) is 8.08. The lowest BCUT2D eigenvalue weighted by atomic mass is 10.1. The Morgan fingerprint density at radius 3 is 2.52 bits per heavy atom. The Hall–Kier alpha value is -2.87.